The highest BCUT2D eigenvalue weighted by atomic mass is 32.1. The van der Waals surface area contributed by atoms with Gasteiger partial charge < -0.3 is 10.4 Å². The molecule has 0 aliphatic carbocycles. The molecule has 2 atom stereocenters. The van der Waals surface area contributed by atoms with Gasteiger partial charge in [0.25, 0.3) is 0 Å². The van der Waals surface area contributed by atoms with Gasteiger partial charge in [-0.05, 0) is 42.3 Å². The molecule has 0 fully saturated rings. The van der Waals surface area contributed by atoms with Gasteiger partial charge in [0.1, 0.15) is 0 Å². The fourth-order valence-electron chi connectivity index (χ4n) is 1.83. The Hall–Kier alpha value is -1.32. The number of anilines is 1. The maximum atomic E-state index is 9.71. The topological polar surface area (TPSA) is 32.3 Å². The lowest BCUT2D eigenvalue weighted by atomic mass is 10.1. The van der Waals surface area contributed by atoms with Crippen molar-refractivity contribution in [2.24, 2.45) is 0 Å². The fraction of sp³-hybridized carbons (Fsp3) is 0.286. The zero-order valence-electron chi connectivity index (χ0n) is 10.1. The lowest BCUT2D eigenvalue weighted by Crippen LogP contribution is -2.08. The van der Waals surface area contributed by atoms with Gasteiger partial charge >= 0.3 is 0 Å². The molecule has 0 aliphatic rings. The standard InChI is InChI=1S/C14H17NOS/c1-10(12-7-8-17-9-12)15-14-6-4-3-5-13(14)11(2)16/h3-11,15-16H,1-2H3. The summed E-state index contributed by atoms with van der Waals surface area (Å²) in [5, 5.41) is 17.4. The van der Waals surface area contributed by atoms with Crippen LogP contribution < -0.4 is 5.32 Å². The predicted octanol–water partition coefficient (Wildman–Crippen LogP) is 3.97. The van der Waals surface area contributed by atoms with E-state index in [1.807, 2.05) is 24.3 Å². The second-order valence-corrected chi connectivity index (χ2v) is 4.97. The number of nitrogens with one attached hydrogen (secondary N) is 1. The Kier molecular flexibility index (Phi) is 3.82. The molecule has 1 heterocycles. The molecule has 0 amide bonds. The zero-order chi connectivity index (χ0) is 12.3. The summed E-state index contributed by atoms with van der Waals surface area (Å²) in [5.74, 6) is 0. The first kappa shape index (κ1) is 12.1. The van der Waals surface area contributed by atoms with Crippen LogP contribution in [0.25, 0.3) is 0 Å². The minimum absolute atomic E-state index is 0.251. The second-order valence-electron chi connectivity index (χ2n) is 4.19. The maximum Gasteiger partial charge on any atom is 0.0781 e. The molecular weight excluding hydrogens is 230 g/mol. The van der Waals surface area contributed by atoms with Crippen molar-refractivity contribution in [2.45, 2.75) is 26.0 Å². The van der Waals surface area contributed by atoms with E-state index in [4.69, 9.17) is 0 Å². The van der Waals surface area contributed by atoms with Crippen LogP contribution in [0.2, 0.25) is 0 Å². The molecule has 2 rings (SSSR count). The molecule has 17 heavy (non-hydrogen) atoms. The molecule has 1 aromatic heterocycles. The summed E-state index contributed by atoms with van der Waals surface area (Å²) in [6, 6.07) is 10.3. The monoisotopic (exact) mass is 247 g/mol. The van der Waals surface area contributed by atoms with Crippen molar-refractivity contribution in [2.75, 3.05) is 5.32 Å². The first-order chi connectivity index (χ1) is 8.18. The summed E-state index contributed by atoms with van der Waals surface area (Å²) in [7, 11) is 0. The Morgan fingerprint density at radius 2 is 1.94 bits per heavy atom. The van der Waals surface area contributed by atoms with E-state index in [0.717, 1.165) is 11.3 Å². The van der Waals surface area contributed by atoms with Gasteiger partial charge in [0.15, 0.2) is 0 Å². The molecule has 90 valence electrons. The molecule has 0 spiro atoms. The number of thiophene rings is 1. The molecular formula is C14H17NOS. The van der Waals surface area contributed by atoms with Gasteiger partial charge in [-0.15, -0.1) is 0 Å². The second kappa shape index (κ2) is 5.34. The quantitative estimate of drug-likeness (QED) is 0.856. The van der Waals surface area contributed by atoms with E-state index >= 15 is 0 Å². The fourth-order valence-corrected chi connectivity index (χ4v) is 2.58. The molecule has 0 radical (unpaired) electrons. The van der Waals surface area contributed by atoms with Crippen LogP contribution >= 0.6 is 11.3 Å². The van der Waals surface area contributed by atoms with Crippen molar-refractivity contribution >= 4 is 17.0 Å². The number of hydrogen-bond acceptors (Lipinski definition) is 3. The summed E-state index contributed by atoms with van der Waals surface area (Å²) in [4.78, 5) is 0. The third-order valence-corrected chi connectivity index (χ3v) is 3.53. The van der Waals surface area contributed by atoms with Gasteiger partial charge in [-0.25, -0.2) is 0 Å². The van der Waals surface area contributed by atoms with Crippen molar-refractivity contribution in [3.8, 4) is 0 Å². The normalized spacial score (nSPS) is 14.3. The highest BCUT2D eigenvalue weighted by molar-refractivity contribution is 7.07. The Labute approximate surface area is 106 Å². The van der Waals surface area contributed by atoms with E-state index in [1.54, 1.807) is 18.3 Å². The predicted molar refractivity (Wildman–Crippen MR) is 73.4 cm³/mol. The molecule has 0 bridgehead atoms. The van der Waals surface area contributed by atoms with Gasteiger partial charge in [-0.3, -0.25) is 0 Å². The van der Waals surface area contributed by atoms with Crippen molar-refractivity contribution in [3.05, 3.63) is 52.2 Å². The first-order valence-electron chi connectivity index (χ1n) is 5.74. The average Bonchev–Trinajstić information content (AvgIpc) is 2.83. The van der Waals surface area contributed by atoms with Gasteiger partial charge in [0.2, 0.25) is 0 Å². The number of aliphatic hydroxyl groups excluding tert-OH is 1. The minimum Gasteiger partial charge on any atom is -0.389 e. The van der Waals surface area contributed by atoms with Crippen LogP contribution in [-0.2, 0) is 0 Å². The number of hydrogen-bond donors (Lipinski definition) is 2. The SMILES string of the molecule is CC(O)c1ccccc1NC(C)c1ccsc1. The van der Waals surface area contributed by atoms with Crippen molar-refractivity contribution in [1.82, 2.24) is 0 Å². The summed E-state index contributed by atoms with van der Waals surface area (Å²) < 4.78 is 0. The summed E-state index contributed by atoms with van der Waals surface area (Å²) in [6.07, 6.45) is -0.451. The molecule has 0 saturated heterocycles. The molecule has 0 aliphatic heterocycles. The van der Waals surface area contributed by atoms with Crippen LogP contribution in [0.15, 0.2) is 41.1 Å². The molecule has 2 N–H and O–H groups in total. The van der Waals surface area contributed by atoms with Crippen LogP contribution in [-0.4, -0.2) is 5.11 Å². The van der Waals surface area contributed by atoms with Gasteiger partial charge in [0, 0.05) is 17.3 Å². The van der Waals surface area contributed by atoms with Gasteiger partial charge in [0.05, 0.1) is 6.10 Å². The Balaban J connectivity index is 2.18. The van der Waals surface area contributed by atoms with Gasteiger partial charge in [-0.1, -0.05) is 18.2 Å². The third-order valence-electron chi connectivity index (χ3n) is 2.83. The van der Waals surface area contributed by atoms with E-state index in [9.17, 15) is 5.11 Å². The van der Waals surface area contributed by atoms with Crippen LogP contribution in [0.3, 0.4) is 0 Å². The lowest BCUT2D eigenvalue weighted by molar-refractivity contribution is 0.200. The summed E-state index contributed by atoms with van der Waals surface area (Å²) in [5.41, 5.74) is 3.21. The Bertz CT molecular complexity index is 465. The average molecular weight is 247 g/mol. The largest absolute Gasteiger partial charge is 0.389 e. The van der Waals surface area contributed by atoms with Crippen LogP contribution in [0.4, 0.5) is 5.69 Å². The molecule has 2 aromatic rings. The number of aliphatic hydroxyl groups is 1. The highest BCUT2D eigenvalue weighted by Crippen LogP contribution is 2.27. The molecule has 2 nitrogen and oxygen atoms in total. The van der Waals surface area contributed by atoms with Crippen LogP contribution in [0.5, 0.6) is 0 Å². The van der Waals surface area contributed by atoms with E-state index in [2.05, 4.69) is 29.1 Å². The summed E-state index contributed by atoms with van der Waals surface area (Å²) in [6.45, 7) is 3.91. The molecule has 3 heteroatoms. The smallest absolute Gasteiger partial charge is 0.0781 e. The highest BCUT2D eigenvalue weighted by Gasteiger charge is 2.10. The number of rotatable bonds is 4. The van der Waals surface area contributed by atoms with E-state index in [1.165, 1.54) is 5.56 Å². The van der Waals surface area contributed by atoms with Gasteiger partial charge in [-0.2, -0.15) is 11.3 Å². The van der Waals surface area contributed by atoms with Crippen LogP contribution in [0, 0.1) is 0 Å². The zero-order valence-corrected chi connectivity index (χ0v) is 10.9. The molecule has 1 aromatic carbocycles. The Morgan fingerprint density at radius 1 is 1.18 bits per heavy atom. The molecule has 0 saturated carbocycles. The van der Waals surface area contributed by atoms with Crippen LogP contribution in [0.1, 0.15) is 37.1 Å². The van der Waals surface area contributed by atoms with Crippen molar-refractivity contribution in [1.29, 1.82) is 0 Å². The third kappa shape index (κ3) is 2.87. The van der Waals surface area contributed by atoms with E-state index < -0.39 is 6.10 Å². The first-order valence-corrected chi connectivity index (χ1v) is 6.68. The number of para-hydroxylation sites is 1. The maximum absolute atomic E-state index is 9.71. The lowest BCUT2D eigenvalue weighted by Gasteiger charge is -2.18. The molecule has 2 unspecified atom stereocenters. The van der Waals surface area contributed by atoms with E-state index in [-0.39, 0.29) is 6.04 Å². The number of benzene rings is 1. The van der Waals surface area contributed by atoms with E-state index in [0.29, 0.717) is 0 Å². The summed E-state index contributed by atoms with van der Waals surface area (Å²) >= 11 is 1.70. The van der Waals surface area contributed by atoms with Crippen molar-refractivity contribution < 1.29 is 5.11 Å². The minimum atomic E-state index is -0.451. The Morgan fingerprint density at radius 3 is 2.59 bits per heavy atom. The van der Waals surface area contributed by atoms with Crippen molar-refractivity contribution in [3.63, 3.8) is 0 Å².